The molecule has 0 radical (unpaired) electrons. The van der Waals surface area contributed by atoms with Crippen LogP contribution in [-0.4, -0.2) is 29.6 Å². The third kappa shape index (κ3) is 1.68. The first-order valence-corrected chi connectivity index (χ1v) is 4.18. The van der Waals surface area contributed by atoms with E-state index in [2.05, 4.69) is 20.9 Å². The number of rotatable bonds is 1. The van der Waals surface area contributed by atoms with Gasteiger partial charge >= 0.3 is 6.09 Å². The van der Waals surface area contributed by atoms with Crippen molar-refractivity contribution in [1.82, 2.24) is 16.0 Å². The molecule has 2 rings (SSSR count). The Morgan fingerprint density at radius 1 is 1.50 bits per heavy atom. The van der Waals surface area contributed by atoms with Crippen LogP contribution in [0.1, 0.15) is 0 Å². The van der Waals surface area contributed by atoms with Gasteiger partial charge in [0.25, 0.3) is 0 Å². The maximum absolute atomic E-state index is 10.4. The monoisotopic (exact) mass is 194 g/mol. The lowest BCUT2D eigenvalue weighted by Gasteiger charge is -2.28. The molecule has 4 N–H and O–H groups in total. The van der Waals surface area contributed by atoms with Crippen molar-refractivity contribution >= 4 is 12.3 Å². The Bertz CT molecular complexity index is 334. The summed E-state index contributed by atoms with van der Waals surface area (Å²) < 4.78 is 0. The van der Waals surface area contributed by atoms with Crippen molar-refractivity contribution in [2.75, 3.05) is 0 Å². The SMILES string of the molecule is O=C(O)NC1=CC2NC=CNC2N=C1. The number of allylic oxidation sites excluding steroid dienone is 1. The van der Waals surface area contributed by atoms with E-state index in [1.165, 1.54) is 6.21 Å². The third-order valence-electron chi connectivity index (χ3n) is 1.96. The van der Waals surface area contributed by atoms with Crippen molar-refractivity contribution in [3.05, 3.63) is 24.2 Å². The van der Waals surface area contributed by atoms with Crippen molar-refractivity contribution in [1.29, 1.82) is 0 Å². The van der Waals surface area contributed by atoms with Gasteiger partial charge in [-0.2, -0.15) is 0 Å². The van der Waals surface area contributed by atoms with E-state index in [9.17, 15) is 4.79 Å². The number of carboxylic acid groups (broad SMARTS) is 1. The van der Waals surface area contributed by atoms with Crippen LogP contribution < -0.4 is 16.0 Å². The number of aliphatic imine (C=N–C) groups is 1. The third-order valence-corrected chi connectivity index (χ3v) is 1.96. The molecule has 0 saturated carbocycles. The van der Waals surface area contributed by atoms with Crippen molar-refractivity contribution in [2.24, 2.45) is 4.99 Å². The lowest BCUT2D eigenvalue weighted by Crippen LogP contribution is -2.48. The van der Waals surface area contributed by atoms with Crippen LogP contribution in [0.4, 0.5) is 4.79 Å². The van der Waals surface area contributed by atoms with E-state index >= 15 is 0 Å². The Balaban J connectivity index is 2.09. The largest absolute Gasteiger partial charge is 0.465 e. The van der Waals surface area contributed by atoms with Crippen LogP contribution in [-0.2, 0) is 0 Å². The zero-order chi connectivity index (χ0) is 9.97. The fourth-order valence-electron chi connectivity index (χ4n) is 1.37. The minimum absolute atomic E-state index is 0.00755. The molecular weight excluding hydrogens is 184 g/mol. The number of hydrogen-bond donors (Lipinski definition) is 4. The second kappa shape index (κ2) is 3.41. The average molecular weight is 194 g/mol. The van der Waals surface area contributed by atoms with Crippen LogP contribution >= 0.6 is 0 Å². The molecule has 0 aromatic rings. The molecule has 1 amide bonds. The number of nitrogens with one attached hydrogen (secondary N) is 3. The van der Waals surface area contributed by atoms with Crippen LogP contribution in [0.15, 0.2) is 29.2 Å². The molecule has 0 bridgehead atoms. The number of amides is 1. The summed E-state index contributed by atoms with van der Waals surface area (Å²) in [6.07, 6.45) is 5.67. The Labute approximate surface area is 80.4 Å². The van der Waals surface area contributed by atoms with Crippen LogP contribution in [0.3, 0.4) is 0 Å². The predicted molar refractivity (Wildman–Crippen MR) is 50.7 cm³/mol. The van der Waals surface area contributed by atoms with Gasteiger partial charge in [-0.1, -0.05) is 0 Å². The van der Waals surface area contributed by atoms with E-state index in [4.69, 9.17) is 5.11 Å². The highest BCUT2D eigenvalue weighted by molar-refractivity contribution is 5.85. The molecule has 6 heteroatoms. The average Bonchev–Trinajstić information content (AvgIpc) is 2.17. The van der Waals surface area contributed by atoms with E-state index in [0.717, 1.165) is 0 Å². The second-order valence-electron chi connectivity index (χ2n) is 2.97. The van der Waals surface area contributed by atoms with Gasteiger partial charge in [-0.3, -0.25) is 10.3 Å². The van der Waals surface area contributed by atoms with Gasteiger partial charge in [0.05, 0.1) is 11.7 Å². The molecule has 0 saturated heterocycles. The Morgan fingerprint density at radius 2 is 2.29 bits per heavy atom. The summed E-state index contributed by atoms with van der Waals surface area (Å²) in [6, 6.07) is -0.00755. The predicted octanol–water partition coefficient (Wildman–Crippen LogP) is -0.419. The van der Waals surface area contributed by atoms with Crippen molar-refractivity contribution in [3.8, 4) is 0 Å². The van der Waals surface area contributed by atoms with Crippen LogP contribution in [0.5, 0.6) is 0 Å². The molecule has 2 atom stereocenters. The molecular formula is C8H10N4O2. The molecule has 2 unspecified atom stereocenters. The first kappa shape index (κ1) is 8.61. The number of hydrogen-bond acceptors (Lipinski definition) is 4. The van der Waals surface area contributed by atoms with Crippen molar-refractivity contribution in [2.45, 2.75) is 12.2 Å². The summed E-state index contributed by atoms with van der Waals surface area (Å²) in [6.45, 7) is 0. The van der Waals surface area contributed by atoms with Gasteiger partial charge < -0.3 is 15.7 Å². The smallest absolute Gasteiger partial charge is 0.409 e. The van der Waals surface area contributed by atoms with Gasteiger partial charge in [-0.15, -0.1) is 0 Å². The van der Waals surface area contributed by atoms with E-state index in [1.54, 1.807) is 18.5 Å². The lowest BCUT2D eigenvalue weighted by atomic mass is 10.1. The molecule has 0 spiro atoms. The number of dihydropyridines is 1. The molecule has 14 heavy (non-hydrogen) atoms. The molecule has 2 aliphatic heterocycles. The summed E-state index contributed by atoms with van der Waals surface area (Å²) in [5.41, 5.74) is 0.489. The van der Waals surface area contributed by atoms with Gasteiger partial charge in [-0.25, -0.2) is 4.79 Å². The first-order chi connectivity index (χ1) is 6.75. The summed E-state index contributed by atoms with van der Waals surface area (Å²) >= 11 is 0. The fraction of sp³-hybridized carbons (Fsp3) is 0.250. The van der Waals surface area contributed by atoms with Gasteiger partial charge in [-0.05, 0) is 6.08 Å². The van der Waals surface area contributed by atoms with Crippen LogP contribution in [0, 0.1) is 0 Å². The van der Waals surface area contributed by atoms with E-state index in [1.807, 2.05) is 0 Å². The summed E-state index contributed by atoms with van der Waals surface area (Å²) in [7, 11) is 0. The highest BCUT2D eigenvalue weighted by Crippen LogP contribution is 2.08. The van der Waals surface area contributed by atoms with Gasteiger partial charge in [0.15, 0.2) is 0 Å². The normalized spacial score (nSPS) is 28.1. The molecule has 2 aliphatic rings. The quantitative estimate of drug-likeness (QED) is 0.456. The second-order valence-corrected chi connectivity index (χ2v) is 2.97. The lowest BCUT2D eigenvalue weighted by molar-refractivity contribution is 0.198. The molecule has 0 aromatic carbocycles. The first-order valence-electron chi connectivity index (χ1n) is 4.18. The molecule has 0 aromatic heterocycles. The van der Waals surface area contributed by atoms with E-state index in [-0.39, 0.29) is 12.2 Å². The fourth-order valence-corrected chi connectivity index (χ4v) is 1.37. The summed E-state index contributed by atoms with van der Waals surface area (Å²) in [4.78, 5) is 14.5. The zero-order valence-electron chi connectivity index (χ0n) is 7.27. The summed E-state index contributed by atoms with van der Waals surface area (Å²) in [5, 5.41) is 16.8. The van der Waals surface area contributed by atoms with E-state index in [0.29, 0.717) is 5.70 Å². The minimum atomic E-state index is -1.08. The number of carbonyl (C=O) groups is 1. The Hall–Kier alpha value is -1.98. The maximum atomic E-state index is 10.4. The number of fused-ring (bicyclic) bond motifs is 1. The maximum Gasteiger partial charge on any atom is 0.409 e. The van der Waals surface area contributed by atoms with Gasteiger partial charge in [0.1, 0.15) is 6.17 Å². The molecule has 0 fully saturated rings. The van der Waals surface area contributed by atoms with Crippen LogP contribution in [0.25, 0.3) is 0 Å². The molecule has 6 nitrogen and oxygen atoms in total. The van der Waals surface area contributed by atoms with E-state index < -0.39 is 6.09 Å². The van der Waals surface area contributed by atoms with Crippen LogP contribution in [0.2, 0.25) is 0 Å². The standard InChI is InChI=1S/C8H10N4O2/c13-8(14)12-5-3-6-7(11-4-5)10-2-1-9-6/h1-4,6-7,9-10,12H,(H,13,14). The highest BCUT2D eigenvalue weighted by atomic mass is 16.4. The molecule has 74 valence electrons. The van der Waals surface area contributed by atoms with Gasteiger partial charge in [0.2, 0.25) is 0 Å². The summed E-state index contributed by atoms with van der Waals surface area (Å²) in [5.74, 6) is 0. The number of nitrogens with zero attached hydrogens (tertiary/aromatic N) is 1. The van der Waals surface area contributed by atoms with Gasteiger partial charge in [0, 0.05) is 18.6 Å². The minimum Gasteiger partial charge on any atom is -0.465 e. The Kier molecular flexibility index (Phi) is 2.10. The molecule has 2 heterocycles. The van der Waals surface area contributed by atoms with Crippen molar-refractivity contribution in [3.63, 3.8) is 0 Å². The topological polar surface area (TPSA) is 85.8 Å². The Morgan fingerprint density at radius 3 is 3.07 bits per heavy atom. The highest BCUT2D eigenvalue weighted by Gasteiger charge is 2.22. The zero-order valence-corrected chi connectivity index (χ0v) is 7.27. The van der Waals surface area contributed by atoms with Crippen molar-refractivity contribution < 1.29 is 9.90 Å². The molecule has 0 aliphatic carbocycles.